The van der Waals surface area contributed by atoms with E-state index in [9.17, 15) is 0 Å². The van der Waals surface area contributed by atoms with Gasteiger partial charge in [-0.05, 0) is 12.8 Å². The van der Waals surface area contributed by atoms with E-state index in [4.69, 9.17) is 4.74 Å². The van der Waals surface area contributed by atoms with Gasteiger partial charge in [0.05, 0.1) is 13.2 Å². The van der Waals surface area contributed by atoms with Gasteiger partial charge in [-0.25, -0.2) is 0 Å². The first-order valence-electron chi connectivity index (χ1n) is 8.12. The van der Waals surface area contributed by atoms with E-state index in [1.807, 2.05) is 7.05 Å². The van der Waals surface area contributed by atoms with E-state index in [1.54, 1.807) is 0 Å². The Morgan fingerprint density at radius 1 is 1.24 bits per heavy atom. The molecule has 1 atom stereocenters. The van der Waals surface area contributed by atoms with Crippen molar-refractivity contribution in [3.63, 3.8) is 0 Å². The molecule has 1 N–H and O–H groups in total. The second kappa shape index (κ2) is 10.6. The number of aliphatic imine (C=N–C) groups is 1. The number of ether oxygens (including phenoxy) is 1. The van der Waals surface area contributed by atoms with Crippen LogP contribution in [0.2, 0.25) is 0 Å². The molecule has 0 amide bonds. The molecule has 21 heavy (non-hydrogen) atoms. The summed E-state index contributed by atoms with van der Waals surface area (Å²) in [6.45, 7) is 9.45. The molecule has 0 aliphatic carbocycles. The molecular weight excluding hydrogens is 379 g/mol. The number of guanidine groups is 1. The summed E-state index contributed by atoms with van der Waals surface area (Å²) in [6.07, 6.45) is 5.04. The van der Waals surface area contributed by atoms with Crippen LogP contribution in [0.3, 0.4) is 0 Å². The van der Waals surface area contributed by atoms with Crippen LogP contribution in [0.5, 0.6) is 0 Å². The topological polar surface area (TPSA) is 40.1 Å². The molecule has 0 aromatic heterocycles. The van der Waals surface area contributed by atoms with Crippen LogP contribution in [0.4, 0.5) is 0 Å². The number of nitrogens with one attached hydrogen (secondary N) is 1. The second-order valence-corrected chi connectivity index (χ2v) is 5.72. The third kappa shape index (κ3) is 5.90. The SMILES string of the molecule is CCCCCNC(=NC)N1CCC(N2CCOCC2)C1.I. The van der Waals surface area contributed by atoms with E-state index in [1.165, 1.54) is 25.7 Å². The quantitative estimate of drug-likeness (QED) is 0.325. The van der Waals surface area contributed by atoms with E-state index in [2.05, 4.69) is 27.0 Å². The Morgan fingerprint density at radius 2 is 2.00 bits per heavy atom. The summed E-state index contributed by atoms with van der Waals surface area (Å²) in [5.74, 6) is 1.08. The van der Waals surface area contributed by atoms with Crippen molar-refractivity contribution in [2.75, 3.05) is 53.0 Å². The fourth-order valence-corrected chi connectivity index (χ4v) is 3.08. The van der Waals surface area contributed by atoms with Crippen LogP contribution >= 0.6 is 24.0 Å². The smallest absolute Gasteiger partial charge is 0.193 e. The van der Waals surface area contributed by atoms with Crippen LogP contribution in [-0.4, -0.2) is 74.8 Å². The molecule has 2 rings (SSSR count). The van der Waals surface area contributed by atoms with Crippen LogP contribution in [0.15, 0.2) is 4.99 Å². The lowest BCUT2D eigenvalue weighted by Crippen LogP contribution is -2.46. The van der Waals surface area contributed by atoms with Gasteiger partial charge in [-0.1, -0.05) is 19.8 Å². The van der Waals surface area contributed by atoms with Gasteiger partial charge in [-0.3, -0.25) is 9.89 Å². The molecule has 1 unspecified atom stereocenters. The minimum atomic E-state index is 0. The van der Waals surface area contributed by atoms with Gasteiger partial charge < -0.3 is 15.0 Å². The minimum absolute atomic E-state index is 0. The number of likely N-dealkylation sites (tertiary alicyclic amines) is 1. The summed E-state index contributed by atoms with van der Waals surface area (Å²) in [5, 5.41) is 3.50. The van der Waals surface area contributed by atoms with Crippen LogP contribution in [0.25, 0.3) is 0 Å². The average Bonchev–Trinajstić information content (AvgIpc) is 2.98. The molecule has 124 valence electrons. The highest BCUT2D eigenvalue weighted by atomic mass is 127. The second-order valence-electron chi connectivity index (χ2n) is 5.72. The summed E-state index contributed by atoms with van der Waals surface area (Å²) >= 11 is 0. The third-order valence-corrected chi connectivity index (χ3v) is 4.30. The molecule has 2 heterocycles. The number of morpholine rings is 1. The maximum absolute atomic E-state index is 5.44. The molecule has 2 aliphatic rings. The Kier molecular flexibility index (Phi) is 9.59. The molecule has 6 heteroatoms. The predicted molar refractivity (Wildman–Crippen MR) is 98.7 cm³/mol. The lowest BCUT2D eigenvalue weighted by atomic mass is 10.2. The number of hydrogen-bond donors (Lipinski definition) is 1. The number of hydrogen-bond acceptors (Lipinski definition) is 3. The minimum Gasteiger partial charge on any atom is -0.379 e. The molecule has 0 spiro atoms. The molecule has 0 radical (unpaired) electrons. The number of nitrogens with zero attached hydrogens (tertiary/aromatic N) is 3. The van der Waals surface area contributed by atoms with Gasteiger partial charge in [0.1, 0.15) is 0 Å². The van der Waals surface area contributed by atoms with Crippen LogP contribution in [-0.2, 0) is 4.74 Å². The molecule has 2 saturated heterocycles. The van der Waals surface area contributed by atoms with Gasteiger partial charge in [0, 0.05) is 45.8 Å². The predicted octanol–water partition coefficient (Wildman–Crippen LogP) is 1.78. The van der Waals surface area contributed by atoms with Gasteiger partial charge in [0.25, 0.3) is 0 Å². The van der Waals surface area contributed by atoms with E-state index in [0.29, 0.717) is 6.04 Å². The third-order valence-electron chi connectivity index (χ3n) is 4.30. The van der Waals surface area contributed by atoms with Gasteiger partial charge in [-0.15, -0.1) is 24.0 Å². The van der Waals surface area contributed by atoms with Crippen molar-refractivity contribution >= 4 is 29.9 Å². The maximum Gasteiger partial charge on any atom is 0.193 e. The summed E-state index contributed by atoms with van der Waals surface area (Å²) in [7, 11) is 1.89. The first kappa shape index (κ1) is 19.0. The molecule has 0 aromatic carbocycles. The Labute approximate surface area is 146 Å². The molecule has 0 aromatic rings. The zero-order valence-electron chi connectivity index (χ0n) is 13.5. The molecule has 2 aliphatic heterocycles. The van der Waals surface area contributed by atoms with Crippen LogP contribution in [0.1, 0.15) is 32.6 Å². The highest BCUT2D eigenvalue weighted by Crippen LogP contribution is 2.17. The van der Waals surface area contributed by atoms with Crippen molar-refractivity contribution in [1.29, 1.82) is 0 Å². The molecule has 0 saturated carbocycles. The van der Waals surface area contributed by atoms with Gasteiger partial charge in [-0.2, -0.15) is 0 Å². The van der Waals surface area contributed by atoms with E-state index < -0.39 is 0 Å². The van der Waals surface area contributed by atoms with E-state index in [-0.39, 0.29) is 24.0 Å². The number of halogens is 1. The summed E-state index contributed by atoms with van der Waals surface area (Å²) in [4.78, 5) is 9.42. The first-order valence-corrected chi connectivity index (χ1v) is 8.12. The summed E-state index contributed by atoms with van der Waals surface area (Å²) < 4.78 is 5.44. The summed E-state index contributed by atoms with van der Waals surface area (Å²) in [5.41, 5.74) is 0. The largest absolute Gasteiger partial charge is 0.379 e. The van der Waals surface area contributed by atoms with Crippen molar-refractivity contribution in [2.24, 2.45) is 4.99 Å². The van der Waals surface area contributed by atoms with Gasteiger partial charge in [0.15, 0.2) is 5.96 Å². The fourth-order valence-electron chi connectivity index (χ4n) is 3.08. The standard InChI is InChI=1S/C15H30N4O.HI/c1-3-4-5-7-17-15(16-2)19-8-6-14(13-19)18-9-11-20-12-10-18;/h14H,3-13H2,1-2H3,(H,16,17);1H. The molecule has 5 nitrogen and oxygen atoms in total. The number of rotatable bonds is 5. The fraction of sp³-hybridized carbons (Fsp3) is 0.933. The Balaban J connectivity index is 0.00000220. The lowest BCUT2D eigenvalue weighted by Gasteiger charge is -2.32. The molecular formula is C15H31IN4O. The van der Waals surface area contributed by atoms with Crippen molar-refractivity contribution in [1.82, 2.24) is 15.1 Å². The highest BCUT2D eigenvalue weighted by molar-refractivity contribution is 14.0. The molecule has 0 bridgehead atoms. The number of unbranched alkanes of at least 4 members (excludes halogenated alkanes) is 2. The normalized spacial score (nSPS) is 24.0. The van der Waals surface area contributed by atoms with Crippen molar-refractivity contribution in [3.05, 3.63) is 0 Å². The van der Waals surface area contributed by atoms with Gasteiger partial charge >= 0.3 is 0 Å². The zero-order chi connectivity index (χ0) is 14.2. The lowest BCUT2D eigenvalue weighted by molar-refractivity contribution is 0.0195. The highest BCUT2D eigenvalue weighted by Gasteiger charge is 2.29. The van der Waals surface area contributed by atoms with Crippen molar-refractivity contribution < 1.29 is 4.74 Å². The van der Waals surface area contributed by atoms with Crippen LogP contribution in [0, 0.1) is 0 Å². The Morgan fingerprint density at radius 3 is 2.67 bits per heavy atom. The molecule has 2 fully saturated rings. The Hall–Kier alpha value is -0.0800. The first-order chi connectivity index (χ1) is 9.85. The average molecular weight is 410 g/mol. The van der Waals surface area contributed by atoms with E-state index in [0.717, 1.165) is 51.9 Å². The van der Waals surface area contributed by atoms with E-state index >= 15 is 0 Å². The van der Waals surface area contributed by atoms with Crippen LogP contribution < -0.4 is 5.32 Å². The summed E-state index contributed by atoms with van der Waals surface area (Å²) in [6, 6.07) is 0.674. The Bertz CT molecular complexity index is 308. The zero-order valence-corrected chi connectivity index (χ0v) is 15.8. The maximum atomic E-state index is 5.44. The van der Waals surface area contributed by atoms with Crippen molar-refractivity contribution in [3.8, 4) is 0 Å². The van der Waals surface area contributed by atoms with Gasteiger partial charge in [0.2, 0.25) is 0 Å². The van der Waals surface area contributed by atoms with Crippen molar-refractivity contribution in [2.45, 2.75) is 38.6 Å². The monoisotopic (exact) mass is 410 g/mol.